The van der Waals surface area contributed by atoms with E-state index in [2.05, 4.69) is 6.07 Å². The first-order valence-electron chi connectivity index (χ1n) is 4.12. The molecular formula is C10H11O2. The lowest BCUT2D eigenvalue weighted by Crippen LogP contribution is -2.34. The molecule has 1 aromatic carbocycles. The first-order valence-corrected chi connectivity index (χ1v) is 4.12. The van der Waals surface area contributed by atoms with Gasteiger partial charge < -0.3 is 10.2 Å². The second kappa shape index (κ2) is 2.88. The van der Waals surface area contributed by atoms with E-state index < -0.39 is 12.2 Å². The van der Waals surface area contributed by atoms with Gasteiger partial charge in [-0.2, -0.15) is 0 Å². The molecule has 2 atom stereocenters. The van der Waals surface area contributed by atoms with Crippen LogP contribution in [0.15, 0.2) is 18.2 Å². The van der Waals surface area contributed by atoms with Gasteiger partial charge >= 0.3 is 0 Å². The number of fused-ring (bicyclic) bond motifs is 1. The van der Waals surface area contributed by atoms with Gasteiger partial charge in [0.2, 0.25) is 0 Å². The van der Waals surface area contributed by atoms with Gasteiger partial charge in [-0.15, -0.1) is 0 Å². The van der Waals surface area contributed by atoms with Crippen LogP contribution in [0.1, 0.15) is 11.1 Å². The van der Waals surface area contributed by atoms with Crippen LogP contribution in [0.3, 0.4) is 0 Å². The molecule has 0 amide bonds. The highest BCUT2D eigenvalue weighted by Gasteiger charge is 2.24. The van der Waals surface area contributed by atoms with E-state index in [0.29, 0.717) is 12.8 Å². The Bertz CT molecular complexity index is 254. The Morgan fingerprint density at radius 1 is 1.25 bits per heavy atom. The second-order valence-corrected chi connectivity index (χ2v) is 3.22. The van der Waals surface area contributed by atoms with Crippen LogP contribution >= 0.6 is 0 Å². The minimum Gasteiger partial charge on any atom is -0.390 e. The smallest absolute Gasteiger partial charge is 0.0842 e. The molecule has 1 aromatic rings. The average Bonchev–Trinajstić information content (AvgIpc) is 2.07. The van der Waals surface area contributed by atoms with Gasteiger partial charge in [-0.05, 0) is 17.2 Å². The number of rotatable bonds is 0. The maximum Gasteiger partial charge on any atom is 0.0842 e. The Balaban J connectivity index is 2.34. The topological polar surface area (TPSA) is 40.5 Å². The Kier molecular flexibility index (Phi) is 1.87. The molecule has 1 radical (unpaired) electrons. The van der Waals surface area contributed by atoms with Crippen LogP contribution in [-0.2, 0) is 12.8 Å². The molecule has 0 bridgehead atoms. The quantitative estimate of drug-likeness (QED) is 0.577. The molecule has 63 valence electrons. The zero-order valence-electron chi connectivity index (χ0n) is 6.70. The summed E-state index contributed by atoms with van der Waals surface area (Å²) in [6, 6.07) is 8.78. The van der Waals surface area contributed by atoms with Crippen LogP contribution < -0.4 is 0 Å². The zero-order valence-corrected chi connectivity index (χ0v) is 6.70. The van der Waals surface area contributed by atoms with Gasteiger partial charge in [-0.25, -0.2) is 0 Å². The molecule has 2 nitrogen and oxygen atoms in total. The maximum atomic E-state index is 9.36. The predicted octanol–water partition coefficient (Wildman–Crippen LogP) is 0.307. The minimum absolute atomic E-state index is 0.525. The predicted molar refractivity (Wildman–Crippen MR) is 44.7 cm³/mol. The highest BCUT2D eigenvalue weighted by Crippen LogP contribution is 2.20. The first-order chi connectivity index (χ1) is 5.77. The van der Waals surface area contributed by atoms with Gasteiger partial charge in [0.15, 0.2) is 0 Å². The van der Waals surface area contributed by atoms with Crippen LogP contribution in [-0.4, -0.2) is 22.4 Å². The van der Waals surface area contributed by atoms with Crippen molar-refractivity contribution in [2.75, 3.05) is 0 Å². The standard InChI is InChI=1S/C10H11O2/c11-9-5-7-3-1-2-4-8(7)6-10(9)12/h1-3,9-12H,5-6H2. The van der Waals surface area contributed by atoms with E-state index in [9.17, 15) is 10.2 Å². The molecule has 0 heterocycles. The van der Waals surface area contributed by atoms with E-state index in [1.165, 1.54) is 0 Å². The molecule has 1 aliphatic carbocycles. The average molecular weight is 163 g/mol. The van der Waals surface area contributed by atoms with Crippen molar-refractivity contribution in [3.63, 3.8) is 0 Å². The zero-order chi connectivity index (χ0) is 8.55. The molecule has 0 fully saturated rings. The SMILES string of the molecule is OC1Cc2[c]cccc2CC1O. The Labute approximate surface area is 71.5 Å². The summed E-state index contributed by atoms with van der Waals surface area (Å²) in [5, 5.41) is 18.7. The first kappa shape index (κ1) is 7.77. The van der Waals surface area contributed by atoms with E-state index in [-0.39, 0.29) is 0 Å². The Hall–Kier alpha value is -0.860. The fourth-order valence-electron chi connectivity index (χ4n) is 1.59. The van der Waals surface area contributed by atoms with E-state index in [0.717, 1.165) is 11.1 Å². The number of hydrogen-bond donors (Lipinski definition) is 2. The van der Waals surface area contributed by atoms with Crippen LogP contribution in [0.4, 0.5) is 0 Å². The number of aliphatic hydroxyl groups excluding tert-OH is 2. The molecular weight excluding hydrogens is 152 g/mol. The van der Waals surface area contributed by atoms with Crippen molar-refractivity contribution in [2.24, 2.45) is 0 Å². The molecule has 1 aliphatic rings. The number of benzene rings is 1. The molecule has 0 aliphatic heterocycles. The van der Waals surface area contributed by atoms with Gasteiger partial charge in [-0.1, -0.05) is 18.2 Å². The number of hydrogen-bond acceptors (Lipinski definition) is 2. The van der Waals surface area contributed by atoms with E-state index in [1.807, 2.05) is 18.2 Å². The fourth-order valence-corrected chi connectivity index (χ4v) is 1.59. The van der Waals surface area contributed by atoms with Gasteiger partial charge in [0, 0.05) is 12.8 Å². The molecule has 2 rings (SSSR count). The molecule has 0 saturated heterocycles. The van der Waals surface area contributed by atoms with E-state index in [1.54, 1.807) is 0 Å². The normalized spacial score (nSPS) is 28.2. The van der Waals surface area contributed by atoms with Crippen molar-refractivity contribution >= 4 is 0 Å². The molecule has 2 unspecified atom stereocenters. The largest absolute Gasteiger partial charge is 0.390 e. The van der Waals surface area contributed by atoms with Crippen LogP contribution in [0.25, 0.3) is 0 Å². The lowest BCUT2D eigenvalue weighted by molar-refractivity contribution is 0.0141. The summed E-state index contributed by atoms with van der Waals surface area (Å²) >= 11 is 0. The second-order valence-electron chi connectivity index (χ2n) is 3.22. The van der Waals surface area contributed by atoms with Gasteiger partial charge in [-0.3, -0.25) is 0 Å². The molecule has 0 spiro atoms. The van der Waals surface area contributed by atoms with E-state index in [4.69, 9.17) is 0 Å². The van der Waals surface area contributed by atoms with Gasteiger partial charge in [0.05, 0.1) is 12.2 Å². The highest BCUT2D eigenvalue weighted by atomic mass is 16.3. The van der Waals surface area contributed by atoms with Crippen molar-refractivity contribution in [3.05, 3.63) is 35.4 Å². The van der Waals surface area contributed by atoms with E-state index >= 15 is 0 Å². The highest BCUT2D eigenvalue weighted by molar-refractivity contribution is 5.30. The number of aliphatic hydroxyl groups is 2. The summed E-state index contributed by atoms with van der Waals surface area (Å²) in [5.74, 6) is 0. The monoisotopic (exact) mass is 163 g/mol. The van der Waals surface area contributed by atoms with Crippen molar-refractivity contribution in [2.45, 2.75) is 25.0 Å². The molecule has 2 heteroatoms. The lowest BCUT2D eigenvalue weighted by atomic mass is 9.88. The van der Waals surface area contributed by atoms with Crippen LogP contribution in [0.2, 0.25) is 0 Å². The summed E-state index contributed by atoms with van der Waals surface area (Å²) in [4.78, 5) is 0. The fraction of sp³-hybridized carbons (Fsp3) is 0.400. The summed E-state index contributed by atoms with van der Waals surface area (Å²) in [6.45, 7) is 0. The van der Waals surface area contributed by atoms with Crippen LogP contribution in [0.5, 0.6) is 0 Å². The molecule has 2 N–H and O–H groups in total. The Morgan fingerprint density at radius 2 is 2.00 bits per heavy atom. The van der Waals surface area contributed by atoms with Crippen molar-refractivity contribution in [1.82, 2.24) is 0 Å². The van der Waals surface area contributed by atoms with Crippen molar-refractivity contribution < 1.29 is 10.2 Å². The summed E-state index contributed by atoms with van der Waals surface area (Å²) < 4.78 is 0. The summed E-state index contributed by atoms with van der Waals surface area (Å²) in [5.41, 5.74) is 2.14. The maximum absolute atomic E-state index is 9.36. The van der Waals surface area contributed by atoms with Crippen molar-refractivity contribution in [1.29, 1.82) is 0 Å². The van der Waals surface area contributed by atoms with Gasteiger partial charge in [0.25, 0.3) is 0 Å². The summed E-state index contributed by atoms with van der Waals surface area (Å²) in [7, 11) is 0. The Morgan fingerprint density at radius 3 is 2.83 bits per heavy atom. The van der Waals surface area contributed by atoms with Crippen molar-refractivity contribution in [3.8, 4) is 0 Å². The molecule has 0 aromatic heterocycles. The lowest BCUT2D eigenvalue weighted by Gasteiger charge is -2.25. The van der Waals surface area contributed by atoms with Crippen LogP contribution in [0, 0.1) is 6.07 Å². The third-order valence-corrected chi connectivity index (χ3v) is 2.33. The summed E-state index contributed by atoms with van der Waals surface area (Å²) in [6.07, 6.45) is -0.144. The third-order valence-electron chi connectivity index (χ3n) is 2.33. The molecule has 0 saturated carbocycles. The third kappa shape index (κ3) is 1.24. The molecule has 12 heavy (non-hydrogen) atoms. The van der Waals surface area contributed by atoms with Gasteiger partial charge in [0.1, 0.15) is 0 Å². The minimum atomic E-state index is -0.615.